The molecule has 2 aromatic rings. The van der Waals surface area contributed by atoms with Crippen LogP contribution in [0, 0.1) is 0 Å². The number of benzene rings is 1. The predicted molar refractivity (Wildman–Crippen MR) is 62.5 cm³/mol. The molecule has 0 atom stereocenters. The summed E-state index contributed by atoms with van der Waals surface area (Å²) in [6.45, 7) is 0. The second kappa shape index (κ2) is 4.74. The Balaban J connectivity index is 2.37. The quantitative estimate of drug-likeness (QED) is 0.775. The number of nitrogens with zero attached hydrogens (tertiary/aromatic N) is 2. The highest BCUT2D eigenvalue weighted by Gasteiger charge is 2.30. The number of hydrogen-bond acceptors (Lipinski definition) is 2. The fraction of sp³-hybridized carbons (Fsp3) is 0.0909. The van der Waals surface area contributed by atoms with Gasteiger partial charge in [-0.2, -0.15) is 13.2 Å². The topological polar surface area (TPSA) is 25.8 Å². The summed E-state index contributed by atoms with van der Waals surface area (Å²) >= 11 is 11.4. The molecule has 1 heterocycles. The molecule has 0 amide bonds. The molecule has 0 fully saturated rings. The van der Waals surface area contributed by atoms with Crippen LogP contribution in [0.25, 0.3) is 11.3 Å². The molecule has 94 valence electrons. The van der Waals surface area contributed by atoms with Gasteiger partial charge >= 0.3 is 6.18 Å². The molecule has 0 aliphatic carbocycles. The van der Waals surface area contributed by atoms with Crippen LogP contribution < -0.4 is 0 Å². The summed E-state index contributed by atoms with van der Waals surface area (Å²) in [7, 11) is 0. The van der Waals surface area contributed by atoms with Crippen molar-refractivity contribution in [3.05, 3.63) is 46.1 Å². The molecule has 0 spiro atoms. The zero-order valence-electron chi connectivity index (χ0n) is 8.67. The Morgan fingerprint density at radius 1 is 0.944 bits per heavy atom. The van der Waals surface area contributed by atoms with E-state index in [9.17, 15) is 13.2 Å². The molecule has 2 nitrogen and oxygen atoms in total. The lowest BCUT2D eigenvalue weighted by Gasteiger charge is -2.07. The number of aromatic nitrogens is 2. The van der Waals surface area contributed by atoms with Crippen molar-refractivity contribution in [2.24, 2.45) is 0 Å². The Kier molecular flexibility index (Phi) is 3.45. The van der Waals surface area contributed by atoms with Gasteiger partial charge in [0.1, 0.15) is 0 Å². The zero-order chi connectivity index (χ0) is 13.3. The molecule has 0 saturated carbocycles. The molecule has 0 aliphatic heterocycles. The number of alkyl halides is 3. The first-order valence-corrected chi connectivity index (χ1v) is 5.50. The maximum absolute atomic E-state index is 12.4. The van der Waals surface area contributed by atoms with Crippen molar-refractivity contribution in [3.63, 3.8) is 0 Å². The van der Waals surface area contributed by atoms with Gasteiger partial charge in [0.15, 0.2) is 5.15 Å². The second-order valence-corrected chi connectivity index (χ2v) is 4.21. The molecular weight excluding hydrogens is 288 g/mol. The van der Waals surface area contributed by atoms with Crippen LogP contribution in [0.1, 0.15) is 5.56 Å². The van der Waals surface area contributed by atoms with E-state index in [1.807, 2.05) is 0 Å². The van der Waals surface area contributed by atoms with Gasteiger partial charge in [-0.3, -0.25) is 0 Å². The predicted octanol–water partition coefficient (Wildman–Crippen LogP) is 4.47. The Morgan fingerprint density at radius 3 is 2.06 bits per heavy atom. The van der Waals surface area contributed by atoms with E-state index in [0.717, 1.165) is 12.1 Å². The highest BCUT2D eigenvalue weighted by Crippen LogP contribution is 2.31. The van der Waals surface area contributed by atoms with Crippen LogP contribution in [-0.2, 0) is 6.18 Å². The number of rotatable bonds is 1. The molecule has 0 bridgehead atoms. The van der Waals surface area contributed by atoms with Crippen LogP contribution in [0.5, 0.6) is 0 Å². The molecule has 18 heavy (non-hydrogen) atoms. The van der Waals surface area contributed by atoms with Gasteiger partial charge in [-0.05, 0) is 18.2 Å². The lowest BCUT2D eigenvalue weighted by Crippen LogP contribution is -2.04. The summed E-state index contributed by atoms with van der Waals surface area (Å²) < 4.78 is 37.1. The van der Waals surface area contributed by atoms with Gasteiger partial charge in [0.25, 0.3) is 0 Å². The van der Waals surface area contributed by atoms with Crippen LogP contribution >= 0.6 is 23.2 Å². The van der Waals surface area contributed by atoms with Crippen molar-refractivity contribution >= 4 is 23.2 Å². The normalized spacial score (nSPS) is 11.6. The van der Waals surface area contributed by atoms with Gasteiger partial charge in [-0.1, -0.05) is 35.3 Å². The van der Waals surface area contributed by atoms with E-state index in [-0.39, 0.29) is 10.2 Å². The van der Waals surface area contributed by atoms with E-state index in [4.69, 9.17) is 23.2 Å². The summed E-state index contributed by atoms with van der Waals surface area (Å²) in [5.74, 6) is 0. The number of halogens is 5. The fourth-order valence-electron chi connectivity index (χ4n) is 1.33. The first-order valence-electron chi connectivity index (χ1n) is 4.74. The standard InChI is InChI=1S/C11H5Cl2F3N2/c12-8-5-9(17-18-10(8)13)6-1-3-7(4-2-6)11(14,15)16/h1-5H. The van der Waals surface area contributed by atoms with Crippen LogP contribution in [0.15, 0.2) is 30.3 Å². The van der Waals surface area contributed by atoms with E-state index >= 15 is 0 Å². The minimum atomic E-state index is -4.36. The van der Waals surface area contributed by atoms with Crippen molar-refractivity contribution < 1.29 is 13.2 Å². The van der Waals surface area contributed by atoms with Crippen molar-refractivity contribution in [2.45, 2.75) is 6.18 Å². The highest BCUT2D eigenvalue weighted by atomic mass is 35.5. The minimum absolute atomic E-state index is 0.0485. The van der Waals surface area contributed by atoms with Gasteiger partial charge in [0.05, 0.1) is 16.3 Å². The first-order chi connectivity index (χ1) is 8.38. The second-order valence-electron chi connectivity index (χ2n) is 3.44. The van der Waals surface area contributed by atoms with Gasteiger partial charge < -0.3 is 0 Å². The third kappa shape index (κ3) is 2.73. The summed E-state index contributed by atoms with van der Waals surface area (Å²) in [6, 6.07) is 5.99. The molecule has 1 aromatic heterocycles. The number of hydrogen-bond donors (Lipinski definition) is 0. The minimum Gasteiger partial charge on any atom is -0.166 e. The summed E-state index contributed by atoms with van der Waals surface area (Å²) in [5, 5.41) is 7.59. The van der Waals surface area contributed by atoms with E-state index in [1.165, 1.54) is 18.2 Å². The van der Waals surface area contributed by atoms with Crippen molar-refractivity contribution in [3.8, 4) is 11.3 Å². The first kappa shape index (κ1) is 13.1. The lowest BCUT2D eigenvalue weighted by molar-refractivity contribution is -0.137. The average molecular weight is 293 g/mol. The smallest absolute Gasteiger partial charge is 0.166 e. The molecule has 1 aromatic carbocycles. The highest BCUT2D eigenvalue weighted by molar-refractivity contribution is 6.41. The van der Waals surface area contributed by atoms with E-state index in [0.29, 0.717) is 11.3 Å². The Bertz CT molecular complexity index is 567. The van der Waals surface area contributed by atoms with Crippen LogP contribution in [0.4, 0.5) is 13.2 Å². The van der Waals surface area contributed by atoms with Crippen molar-refractivity contribution in [1.29, 1.82) is 0 Å². The Hall–Kier alpha value is -1.33. The summed E-state index contributed by atoms with van der Waals surface area (Å²) in [5.41, 5.74) is 0.117. The molecule has 7 heteroatoms. The van der Waals surface area contributed by atoms with E-state index < -0.39 is 11.7 Å². The molecule has 0 aliphatic rings. The Labute approximate surface area is 110 Å². The summed E-state index contributed by atoms with van der Waals surface area (Å²) in [4.78, 5) is 0. The van der Waals surface area contributed by atoms with Crippen molar-refractivity contribution in [1.82, 2.24) is 10.2 Å². The largest absolute Gasteiger partial charge is 0.416 e. The van der Waals surface area contributed by atoms with E-state index in [1.54, 1.807) is 0 Å². The molecule has 2 rings (SSSR count). The lowest BCUT2D eigenvalue weighted by atomic mass is 10.1. The summed E-state index contributed by atoms with van der Waals surface area (Å²) in [6.07, 6.45) is -4.36. The molecule has 0 radical (unpaired) electrons. The third-order valence-electron chi connectivity index (χ3n) is 2.21. The fourth-order valence-corrected chi connectivity index (χ4v) is 1.56. The average Bonchev–Trinajstić information content (AvgIpc) is 2.32. The molecule has 0 N–H and O–H groups in total. The third-order valence-corrected chi connectivity index (χ3v) is 2.88. The van der Waals surface area contributed by atoms with Gasteiger partial charge in [-0.25, -0.2) is 0 Å². The zero-order valence-corrected chi connectivity index (χ0v) is 10.2. The van der Waals surface area contributed by atoms with Crippen molar-refractivity contribution in [2.75, 3.05) is 0 Å². The van der Waals surface area contributed by atoms with Crippen LogP contribution in [0.3, 0.4) is 0 Å². The molecule has 0 saturated heterocycles. The monoisotopic (exact) mass is 292 g/mol. The Morgan fingerprint density at radius 2 is 1.56 bits per heavy atom. The molecular formula is C11H5Cl2F3N2. The van der Waals surface area contributed by atoms with Crippen LogP contribution in [-0.4, -0.2) is 10.2 Å². The SMILES string of the molecule is FC(F)(F)c1ccc(-c2cc(Cl)c(Cl)nn2)cc1. The molecule has 0 unspecified atom stereocenters. The van der Waals surface area contributed by atoms with Gasteiger partial charge in [0.2, 0.25) is 0 Å². The maximum atomic E-state index is 12.4. The maximum Gasteiger partial charge on any atom is 0.416 e. The van der Waals surface area contributed by atoms with Gasteiger partial charge in [0, 0.05) is 5.56 Å². The van der Waals surface area contributed by atoms with Crippen LogP contribution in [0.2, 0.25) is 10.2 Å². The van der Waals surface area contributed by atoms with E-state index in [2.05, 4.69) is 10.2 Å². The van der Waals surface area contributed by atoms with Gasteiger partial charge in [-0.15, -0.1) is 10.2 Å².